The normalized spacial score (nSPS) is 21.1. The third-order valence-corrected chi connectivity index (χ3v) is 8.82. The van der Waals surface area contributed by atoms with Crippen LogP contribution in [0.25, 0.3) is 10.2 Å². The molecule has 2 N–H and O–H groups in total. The first-order valence-corrected chi connectivity index (χ1v) is 9.05. The fourth-order valence-corrected chi connectivity index (χ4v) is 8.08. The summed E-state index contributed by atoms with van der Waals surface area (Å²) < 4.78 is 0.139. The standard InChI is InChI=1S/C12H12N2O2S3/c15-9-7-6-2-1-3-12(17-4-5-18-12)8(6)19-10(7)14-11(16)13-9/h1-5H2,(H2,13,14,15,16). The van der Waals surface area contributed by atoms with Gasteiger partial charge in [-0.3, -0.25) is 14.8 Å². The highest BCUT2D eigenvalue weighted by molar-refractivity contribution is 8.20. The minimum atomic E-state index is -0.406. The zero-order chi connectivity index (χ0) is 13.0. The second-order valence-corrected chi connectivity index (χ2v) is 8.89. The second kappa shape index (κ2) is 4.17. The molecule has 4 rings (SSSR count). The van der Waals surface area contributed by atoms with Crippen LogP contribution in [0.15, 0.2) is 9.59 Å². The molecule has 0 bridgehead atoms. The molecule has 0 aromatic carbocycles. The van der Waals surface area contributed by atoms with Crippen LogP contribution in [0, 0.1) is 0 Å². The Bertz CT molecular complexity index is 767. The third kappa shape index (κ3) is 1.68. The van der Waals surface area contributed by atoms with Crippen molar-refractivity contribution < 1.29 is 0 Å². The number of aromatic nitrogens is 2. The van der Waals surface area contributed by atoms with Crippen molar-refractivity contribution in [3.05, 3.63) is 31.3 Å². The van der Waals surface area contributed by atoms with Gasteiger partial charge in [0.1, 0.15) is 4.83 Å². The lowest BCUT2D eigenvalue weighted by atomic mass is 9.96. The van der Waals surface area contributed by atoms with Crippen molar-refractivity contribution in [3.8, 4) is 0 Å². The molecule has 1 aliphatic heterocycles. The van der Waals surface area contributed by atoms with Crippen molar-refractivity contribution in [1.82, 2.24) is 9.97 Å². The molecule has 1 saturated heterocycles. The van der Waals surface area contributed by atoms with E-state index in [0.29, 0.717) is 5.39 Å². The van der Waals surface area contributed by atoms with Gasteiger partial charge in [-0.2, -0.15) is 0 Å². The Morgan fingerprint density at radius 1 is 1.11 bits per heavy atom. The summed E-state index contributed by atoms with van der Waals surface area (Å²) in [5.74, 6) is 2.34. The first kappa shape index (κ1) is 12.1. The van der Waals surface area contributed by atoms with E-state index < -0.39 is 5.69 Å². The molecule has 0 radical (unpaired) electrons. The lowest BCUT2D eigenvalue weighted by molar-refractivity contribution is 0.658. The quantitative estimate of drug-likeness (QED) is 0.783. The summed E-state index contributed by atoms with van der Waals surface area (Å²) in [6.45, 7) is 0. The van der Waals surface area contributed by atoms with Gasteiger partial charge in [0.2, 0.25) is 0 Å². The molecule has 0 unspecified atom stereocenters. The first-order chi connectivity index (χ1) is 9.20. The average Bonchev–Trinajstić information content (AvgIpc) is 2.95. The fourth-order valence-electron chi connectivity index (χ4n) is 2.98. The van der Waals surface area contributed by atoms with Gasteiger partial charge in [-0.25, -0.2) is 4.79 Å². The van der Waals surface area contributed by atoms with E-state index >= 15 is 0 Å². The molecule has 3 heterocycles. The fraction of sp³-hybridized carbons (Fsp3) is 0.500. The Morgan fingerprint density at radius 3 is 2.68 bits per heavy atom. The highest BCUT2D eigenvalue weighted by atomic mass is 32.2. The summed E-state index contributed by atoms with van der Waals surface area (Å²) in [6, 6.07) is 0. The molecular formula is C12H12N2O2S3. The van der Waals surface area contributed by atoms with Crippen LogP contribution in [0.3, 0.4) is 0 Å². The summed E-state index contributed by atoms with van der Waals surface area (Å²) in [7, 11) is 0. The molecule has 100 valence electrons. The first-order valence-electron chi connectivity index (χ1n) is 6.26. The van der Waals surface area contributed by atoms with Gasteiger partial charge in [0.25, 0.3) is 5.56 Å². The van der Waals surface area contributed by atoms with E-state index in [1.54, 1.807) is 11.3 Å². The molecule has 1 spiro atoms. The molecule has 2 aromatic heterocycles. The van der Waals surface area contributed by atoms with Gasteiger partial charge in [-0.05, 0) is 24.8 Å². The van der Waals surface area contributed by atoms with Crippen LogP contribution in [0.4, 0.5) is 0 Å². The van der Waals surface area contributed by atoms with Crippen molar-refractivity contribution in [2.75, 3.05) is 11.5 Å². The second-order valence-electron chi connectivity index (χ2n) is 4.83. The van der Waals surface area contributed by atoms with E-state index in [0.717, 1.165) is 17.7 Å². The van der Waals surface area contributed by atoms with E-state index in [4.69, 9.17) is 0 Å². The zero-order valence-corrected chi connectivity index (χ0v) is 12.5. The van der Waals surface area contributed by atoms with Crippen molar-refractivity contribution in [2.45, 2.75) is 23.3 Å². The monoisotopic (exact) mass is 312 g/mol. The molecule has 1 aliphatic carbocycles. The molecule has 19 heavy (non-hydrogen) atoms. The Balaban J connectivity index is 2.07. The smallest absolute Gasteiger partial charge is 0.298 e. The van der Waals surface area contributed by atoms with Gasteiger partial charge in [0.05, 0.1) is 9.47 Å². The van der Waals surface area contributed by atoms with Gasteiger partial charge in [-0.1, -0.05) is 0 Å². The number of nitrogens with one attached hydrogen (secondary N) is 2. The minimum Gasteiger partial charge on any atom is -0.298 e. The summed E-state index contributed by atoms with van der Waals surface area (Å²) in [5.41, 5.74) is 0.531. The molecule has 4 nitrogen and oxygen atoms in total. The van der Waals surface area contributed by atoms with E-state index in [1.807, 2.05) is 23.5 Å². The molecule has 2 aromatic rings. The van der Waals surface area contributed by atoms with Crippen LogP contribution in [-0.2, 0) is 10.5 Å². The number of hydrogen-bond donors (Lipinski definition) is 2. The molecular weight excluding hydrogens is 300 g/mol. The summed E-state index contributed by atoms with van der Waals surface area (Å²) in [5, 5.41) is 0.715. The van der Waals surface area contributed by atoms with Crippen molar-refractivity contribution in [1.29, 1.82) is 0 Å². The maximum atomic E-state index is 12.1. The highest BCUT2D eigenvalue weighted by Crippen LogP contribution is 2.60. The third-order valence-electron chi connectivity index (χ3n) is 3.72. The number of H-pyrrole nitrogens is 2. The molecule has 0 atom stereocenters. The van der Waals surface area contributed by atoms with Gasteiger partial charge in [0, 0.05) is 16.4 Å². The van der Waals surface area contributed by atoms with Crippen LogP contribution < -0.4 is 11.2 Å². The molecule has 0 saturated carbocycles. The van der Waals surface area contributed by atoms with Crippen LogP contribution in [-0.4, -0.2) is 21.5 Å². The Labute approximate surface area is 121 Å². The number of hydrogen-bond acceptors (Lipinski definition) is 5. The lowest BCUT2D eigenvalue weighted by Gasteiger charge is -2.31. The molecule has 2 aliphatic rings. The highest BCUT2D eigenvalue weighted by Gasteiger charge is 2.43. The van der Waals surface area contributed by atoms with Crippen molar-refractivity contribution in [2.24, 2.45) is 0 Å². The van der Waals surface area contributed by atoms with Crippen LogP contribution in [0.2, 0.25) is 0 Å². The number of fused-ring (bicyclic) bond motifs is 4. The molecule has 1 fully saturated rings. The topological polar surface area (TPSA) is 65.7 Å². The summed E-state index contributed by atoms with van der Waals surface area (Å²) >= 11 is 5.61. The number of thiophene rings is 1. The van der Waals surface area contributed by atoms with Crippen molar-refractivity contribution >= 4 is 45.1 Å². The van der Waals surface area contributed by atoms with E-state index in [9.17, 15) is 9.59 Å². The van der Waals surface area contributed by atoms with E-state index in [-0.39, 0.29) is 9.64 Å². The van der Waals surface area contributed by atoms with Crippen LogP contribution in [0.5, 0.6) is 0 Å². The number of rotatable bonds is 0. The maximum Gasteiger partial charge on any atom is 0.326 e. The van der Waals surface area contributed by atoms with Gasteiger partial charge >= 0.3 is 5.69 Å². The average molecular weight is 312 g/mol. The van der Waals surface area contributed by atoms with Gasteiger partial charge in [0.15, 0.2) is 0 Å². The van der Waals surface area contributed by atoms with Crippen LogP contribution >= 0.6 is 34.9 Å². The van der Waals surface area contributed by atoms with E-state index in [2.05, 4.69) is 9.97 Å². The summed E-state index contributed by atoms with van der Waals surface area (Å²) in [6.07, 6.45) is 3.25. The number of aromatic amines is 2. The van der Waals surface area contributed by atoms with E-state index in [1.165, 1.54) is 28.4 Å². The predicted molar refractivity (Wildman–Crippen MR) is 82.6 cm³/mol. The Kier molecular flexibility index (Phi) is 2.65. The molecule has 7 heteroatoms. The Hall–Kier alpha value is -0.660. The molecule has 0 amide bonds. The minimum absolute atomic E-state index is 0.139. The Morgan fingerprint density at radius 2 is 1.89 bits per heavy atom. The predicted octanol–water partition coefficient (Wildman–Crippen LogP) is 2.25. The SMILES string of the molecule is O=c1[nH]c(=O)c2c3c(sc2[nH]1)C1(CCC3)SCCS1. The number of aryl methyl sites for hydroxylation is 1. The largest absolute Gasteiger partial charge is 0.326 e. The van der Waals surface area contributed by atoms with Crippen molar-refractivity contribution in [3.63, 3.8) is 0 Å². The van der Waals surface area contributed by atoms with Gasteiger partial charge < -0.3 is 0 Å². The lowest BCUT2D eigenvalue weighted by Crippen LogP contribution is -2.23. The van der Waals surface area contributed by atoms with Crippen LogP contribution in [0.1, 0.15) is 23.3 Å². The maximum absolute atomic E-state index is 12.1. The zero-order valence-electron chi connectivity index (χ0n) is 10.1. The number of thioether (sulfide) groups is 2. The summed E-state index contributed by atoms with van der Waals surface area (Å²) in [4.78, 5) is 30.7. The van der Waals surface area contributed by atoms with Gasteiger partial charge in [-0.15, -0.1) is 34.9 Å².